The van der Waals surface area contributed by atoms with Crippen molar-refractivity contribution in [2.45, 2.75) is 83.5 Å². The summed E-state index contributed by atoms with van der Waals surface area (Å²) in [4.78, 5) is 72.4. The number of hydrogen-bond donors (Lipinski definition) is 4. The van der Waals surface area contributed by atoms with Gasteiger partial charge in [-0.2, -0.15) is 0 Å². The lowest BCUT2D eigenvalue weighted by atomic mass is 9.82. The van der Waals surface area contributed by atoms with Gasteiger partial charge in [-0.15, -0.1) is 0 Å². The minimum atomic E-state index is -0.624. The number of aromatic nitrogens is 2. The Morgan fingerprint density at radius 1 is 0.779 bits per heavy atom. The van der Waals surface area contributed by atoms with Crippen LogP contribution in [0.2, 0.25) is 0 Å². The number of piperidine rings is 3. The van der Waals surface area contributed by atoms with Gasteiger partial charge in [0.25, 0.3) is 5.91 Å². The van der Waals surface area contributed by atoms with Gasteiger partial charge in [0.2, 0.25) is 17.7 Å². The normalized spacial score (nSPS) is 25.2. The SMILES string of the molecule is CC1(C)CCN(Cc2cc(F)c(N3CC(=O)NC4(CCN(c5cc(NCCCN6C[C@@H]7CN(CCNc8cccc9c8CN(C8CCC(=O)NC8=O)C9=O)C[C@@H]7C6)ncn5)CC4)C3)cc2F)CC1. The molecule has 1 unspecified atom stereocenters. The van der Waals surface area contributed by atoms with E-state index in [1.807, 2.05) is 24.3 Å². The monoisotopic (exact) mass is 937 g/mol. The molecule has 6 fully saturated rings. The molecule has 7 aliphatic rings. The van der Waals surface area contributed by atoms with Crippen LogP contribution in [-0.2, 0) is 27.5 Å². The van der Waals surface area contributed by atoms with Crippen LogP contribution in [-0.4, -0.2) is 156 Å². The number of likely N-dealkylation sites (tertiary alicyclic amines) is 3. The van der Waals surface area contributed by atoms with E-state index in [9.17, 15) is 19.2 Å². The standard InChI is InChI=1S/C50H66F2N12O4/c1-49(2)9-16-59(17-10-49)24-33-21-39(52)42(22-38(33)51)63-30-46(66)58-50(31-63)11-18-62(19-12-50)44-23-43(55-32-56-44)54-13-4-15-60-25-34-27-61(28-35(34)26-60)20-14-53-40-6-3-5-36-37(40)29-64(48(36)68)41-7-8-45(65)57-47(41)67/h3,5-6,21-23,32,34-35,41,53H,4,7-20,24-31H2,1-2H3,(H,58,66)(H,54,55,56)(H,57,65,67)/t34-,35+,41?. The minimum absolute atomic E-state index is 0.0128. The van der Waals surface area contributed by atoms with Crippen molar-refractivity contribution in [3.8, 4) is 0 Å². The lowest BCUT2D eigenvalue weighted by molar-refractivity contribution is -0.137. The predicted octanol–water partition coefficient (Wildman–Crippen LogP) is 3.89. The number of benzene rings is 2. The number of amides is 4. The van der Waals surface area contributed by atoms with E-state index >= 15 is 8.78 Å². The van der Waals surface area contributed by atoms with Crippen molar-refractivity contribution >= 4 is 46.6 Å². The zero-order chi connectivity index (χ0) is 47.2. The first-order chi connectivity index (χ1) is 32.8. The summed E-state index contributed by atoms with van der Waals surface area (Å²) in [5, 5.41) is 12.7. The van der Waals surface area contributed by atoms with Gasteiger partial charge in [0.05, 0.1) is 17.8 Å². The first-order valence-corrected chi connectivity index (χ1v) is 24.8. The number of carbonyl (C=O) groups is 4. The van der Waals surface area contributed by atoms with Gasteiger partial charge in [0.1, 0.15) is 35.6 Å². The average Bonchev–Trinajstić information content (AvgIpc) is 3.98. The number of rotatable bonds is 14. The molecule has 18 heteroatoms. The van der Waals surface area contributed by atoms with Gasteiger partial charge in [0.15, 0.2) is 0 Å². The maximum Gasteiger partial charge on any atom is 0.255 e. The van der Waals surface area contributed by atoms with Crippen LogP contribution in [0.3, 0.4) is 0 Å². The van der Waals surface area contributed by atoms with Crippen molar-refractivity contribution in [3.63, 3.8) is 0 Å². The highest BCUT2D eigenvalue weighted by Gasteiger charge is 2.44. The third-order valence-electron chi connectivity index (χ3n) is 15.9. The van der Waals surface area contributed by atoms with Crippen LogP contribution in [0.1, 0.15) is 80.3 Å². The first kappa shape index (κ1) is 46.3. The molecule has 0 saturated carbocycles. The van der Waals surface area contributed by atoms with Crippen LogP contribution in [0.5, 0.6) is 0 Å². The number of anilines is 4. The molecule has 16 nitrogen and oxygen atoms in total. The molecule has 68 heavy (non-hydrogen) atoms. The van der Waals surface area contributed by atoms with Gasteiger partial charge in [-0.1, -0.05) is 19.9 Å². The molecule has 0 radical (unpaired) electrons. The summed E-state index contributed by atoms with van der Waals surface area (Å²) in [6.07, 6.45) is 6.52. The van der Waals surface area contributed by atoms with Crippen molar-refractivity contribution in [2.75, 3.05) is 112 Å². The number of halogens is 2. The highest BCUT2D eigenvalue weighted by Crippen LogP contribution is 2.36. The van der Waals surface area contributed by atoms with Gasteiger partial charge in [-0.05, 0) is 93.6 Å². The lowest BCUT2D eigenvalue weighted by Crippen LogP contribution is -2.66. The Bertz CT molecular complexity index is 2390. The maximum atomic E-state index is 15.7. The topological polar surface area (TPSA) is 162 Å². The van der Waals surface area contributed by atoms with E-state index < -0.39 is 29.1 Å². The molecule has 0 aliphatic carbocycles. The molecule has 2 aromatic carbocycles. The molecule has 3 aromatic rings. The molecule has 1 aromatic heterocycles. The van der Waals surface area contributed by atoms with Crippen LogP contribution in [0.4, 0.5) is 31.8 Å². The van der Waals surface area contributed by atoms with Gasteiger partial charge < -0.3 is 40.4 Å². The molecule has 1 spiro atoms. The molecule has 7 aliphatic heterocycles. The summed E-state index contributed by atoms with van der Waals surface area (Å²) >= 11 is 0. The number of imide groups is 1. The van der Waals surface area contributed by atoms with E-state index in [-0.39, 0.29) is 41.8 Å². The zero-order valence-corrected chi connectivity index (χ0v) is 39.5. The van der Waals surface area contributed by atoms with Crippen molar-refractivity contribution < 1.29 is 28.0 Å². The van der Waals surface area contributed by atoms with Crippen LogP contribution < -0.4 is 31.1 Å². The van der Waals surface area contributed by atoms with E-state index in [4.69, 9.17) is 0 Å². The number of nitrogens with one attached hydrogen (secondary N) is 4. The molecule has 10 rings (SSSR count). The lowest BCUT2D eigenvalue weighted by Gasteiger charge is -2.48. The third-order valence-corrected chi connectivity index (χ3v) is 15.9. The highest BCUT2D eigenvalue weighted by molar-refractivity contribution is 6.06. The molecule has 0 bridgehead atoms. The fraction of sp³-hybridized carbons (Fsp3) is 0.600. The highest BCUT2D eigenvalue weighted by atomic mass is 19.1. The van der Waals surface area contributed by atoms with Crippen molar-refractivity contribution in [1.82, 2.24) is 40.2 Å². The summed E-state index contributed by atoms with van der Waals surface area (Å²) < 4.78 is 31.2. The quantitative estimate of drug-likeness (QED) is 0.136. The molecular formula is C50H66F2N12O4. The molecule has 4 amide bonds. The molecule has 6 saturated heterocycles. The van der Waals surface area contributed by atoms with E-state index in [2.05, 4.69) is 64.7 Å². The van der Waals surface area contributed by atoms with Crippen LogP contribution in [0.25, 0.3) is 0 Å². The molecule has 3 atom stereocenters. The Kier molecular flexibility index (Phi) is 13.0. The van der Waals surface area contributed by atoms with Crippen molar-refractivity contribution in [3.05, 3.63) is 71.1 Å². The summed E-state index contributed by atoms with van der Waals surface area (Å²) in [6, 6.07) is 9.67. The van der Waals surface area contributed by atoms with Crippen LogP contribution in [0, 0.1) is 28.9 Å². The van der Waals surface area contributed by atoms with Crippen molar-refractivity contribution in [1.29, 1.82) is 0 Å². The van der Waals surface area contributed by atoms with Crippen molar-refractivity contribution in [2.24, 2.45) is 17.3 Å². The first-order valence-electron chi connectivity index (χ1n) is 24.8. The number of fused-ring (bicyclic) bond motifs is 2. The second kappa shape index (κ2) is 19.1. The molecular weight excluding hydrogens is 871 g/mol. The zero-order valence-electron chi connectivity index (χ0n) is 39.5. The molecule has 4 N–H and O–H groups in total. The Hall–Kier alpha value is -5.46. The van der Waals surface area contributed by atoms with Gasteiger partial charge in [-0.25, -0.2) is 18.7 Å². The average molecular weight is 937 g/mol. The van der Waals surface area contributed by atoms with E-state index in [0.29, 0.717) is 74.9 Å². The van der Waals surface area contributed by atoms with E-state index in [1.54, 1.807) is 16.1 Å². The fourth-order valence-electron chi connectivity index (χ4n) is 11.9. The number of hydrogen-bond acceptors (Lipinski definition) is 13. The maximum absolute atomic E-state index is 15.7. The number of carbonyl (C=O) groups excluding carboxylic acids is 4. The minimum Gasteiger partial charge on any atom is -0.383 e. The van der Waals surface area contributed by atoms with Crippen LogP contribution >= 0.6 is 0 Å². The summed E-state index contributed by atoms with van der Waals surface area (Å²) in [7, 11) is 0. The molecule has 364 valence electrons. The second-order valence-electron chi connectivity index (χ2n) is 21.2. The Labute approximate surface area is 397 Å². The fourth-order valence-corrected chi connectivity index (χ4v) is 11.9. The Balaban J connectivity index is 0.638. The number of piperazine rings is 1. The molecule has 8 heterocycles. The van der Waals surface area contributed by atoms with Gasteiger partial charge >= 0.3 is 0 Å². The van der Waals surface area contributed by atoms with E-state index in [0.717, 1.165) is 108 Å². The summed E-state index contributed by atoms with van der Waals surface area (Å²) in [5.74, 6) is 0.962. The van der Waals surface area contributed by atoms with Crippen LogP contribution in [0.15, 0.2) is 42.7 Å². The largest absolute Gasteiger partial charge is 0.383 e. The summed E-state index contributed by atoms with van der Waals surface area (Å²) in [5.41, 5.74) is 2.69. The summed E-state index contributed by atoms with van der Waals surface area (Å²) in [6.45, 7) is 16.5. The third kappa shape index (κ3) is 9.99. The van der Waals surface area contributed by atoms with Gasteiger partial charge in [-0.3, -0.25) is 29.4 Å². The second-order valence-corrected chi connectivity index (χ2v) is 21.2. The Morgan fingerprint density at radius 2 is 1.53 bits per heavy atom. The Morgan fingerprint density at radius 3 is 2.28 bits per heavy atom. The van der Waals surface area contributed by atoms with E-state index in [1.165, 1.54) is 12.1 Å². The van der Waals surface area contributed by atoms with Gasteiger partial charge in [0, 0.05) is 119 Å². The number of nitrogens with zero attached hydrogens (tertiary/aromatic N) is 8. The predicted molar refractivity (Wildman–Crippen MR) is 255 cm³/mol. The smallest absolute Gasteiger partial charge is 0.255 e.